The molecule has 1 aliphatic heterocycles. The molecule has 16 heavy (non-hydrogen) atoms. The summed E-state index contributed by atoms with van der Waals surface area (Å²) in [6.07, 6.45) is 2.17. The van der Waals surface area contributed by atoms with E-state index in [1.165, 1.54) is 11.3 Å². The van der Waals surface area contributed by atoms with E-state index in [4.69, 9.17) is 5.11 Å². The van der Waals surface area contributed by atoms with Crippen molar-refractivity contribution >= 4 is 17.1 Å². The minimum atomic E-state index is 0.202. The van der Waals surface area contributed by atoms with Crippen molar-refractivity contribution in [3.63, 3.8) is 0 Å². The highest BCUT2D eigenvalue weighted by atomic mass is 32.1. The van der Waals surface area contributed by atoms with Crippen molar-refractivity contribution in [2.24, 2.45) is 5.92 Å². The number of Topliss-reactive ketones (excluding diaryl/α,β-unsaturated/α-hetero) is 1. The van der Waals surface area contributed by atoms with E-state index in [0.717, 1.165) is 30.8 Å². The predicted molar refractivity (Wildman–Crippen MR) is 64.9 cm³/mol. The molecule has 1 N–H and O–H groups in total. The lowest BCUT2D eigenvalue weighted by Crippen LogP contribution is -2.39. The Kier molecular flexibility index (Phi) is 4.09. The molecule has 0 spiro atoms. The molecule has 0 radical (unpaired) electrons. The van der Waals surface area contributed by atoms with Gasteiger partial charge >= 0.3 is 0 Å². The van der Waals surface area contributed by atoms with Crippen molar-refractivity contribution in [1.29, 1.82) is 0 Å². The third-order valence-electron chi connectivity index (χ3n) is 3.02. The van der Waals surface area contributed by atoms with Crippen LogP contribution < -0.4 is 0 Å². The van der Waals surface area contributed by atoms with Gasteiger partial charge in [0.1, 0.15) is 0 Å². The topological polar surface area (TPSA) is 40.5 Å². The van der Waals surface area contributed by atoms with Gasteiger partial charge in [0.2, 0.25) is 0 Å². The Balaban J connectivity index is 1.87. The second-order valence-electron chi connectivity index (χ2n) is 4.33. The molecule has 0 bridgehead atoms. The lowest BCUT2D eigenvalue weighted by Gasteiger charge is -2.30. The molecule has 1 saturated heterocycles. The average Bonchev–Trinajstić information content (AvgIpc) is 2.83. The van der Waals surface area contributed by atoms with Gasteiger partial charge in [-0.15, -0.1) is 11.3 Å². The van der Waals surface area contributed by atoms with Crippen LogP contribution in [0, 0.1) is 5.92 Å². The summed E-state index contributed by atoms with van der Waals surface area (Å²) in [6, 6.07) is 3.78. The monoisotopic (exact) mass is 239 g/mol. The SMILES string of the molecule is O=C(CN1CCCC(CO)C1)c1cccs1. The predicted octanol–water partition coefficient (Wildman–Crippen LogP) is 1.64. The lowest BCUT2D eigenvalue weighted by atomic mass is 9.99. The fraction of sp³-hybridized carbons (Fsp3) is 0.583. The van der Waals surface area contributed by atoms with E-state index >= 15 is 0 Å². The number of piperidine rings is 1. The molecule has 0 aliphatic carbocycles. The highest BCUT2D eigenvalue weighted by Gasteiger charge is 2.21. The van der Waals surface area contributed by atoms with E-state index in [1.807, 2.05) is 17.5 Å². The smallest absolute Gasteiger partial charge is 0.186 e. The molecular formula is C12H17NO2S. The van der Waals surface area contributed by atoms with Crippen LogP contribution in [-0.2, 0) is 0 Å². The number of ketones is 1. The van der Waals surface area contributed by atoms with E-state index in [-0.39, 0.29) is 12.4 Å². The standard InChI is InChI=1S/C12H17NO2S/c14-9-10-3-1-5-13(7-10)8-11(15)12-4-2-6-16-12/h2,4,6,10,14H,1,3,5,7-9H2. The first-order valence-electron chi connectivity index (χ1n) is 5.69. The van der Waals surface area contributed by atoms with Gasteiger partial charge in [0.25, 0.3) is 0 Å². The molecule has 2 heterocycles. The van der Waals surface area contributed by atoms with Crippen LogP contribution >= 0.6 is 11.3 Å². The van der Waals surface area contributed by atoms with Crippen LogP contribution in [0.1, 0.15) is 22.5 Å². The first-order valence-corrected chi connectivity index (χ1v) is 6.57. The van der Waals surface area contributed by atoms with Crippen LogP contribution in [0.5, 0.6) is 0 Å². The normalized spacial score (nSPS) is 22.2. The van der Waals surface area contributed by atoms with Crippen molar-refractivity contribution in [2.75, 3.05) is 26.2 Å². The number of hydrogen-bond acceptors (Lipinski definition) is 4. The highest BCUT2D eigenvalue weighted by Crippen LogP contribution is 2.17. The fourth-order valence-corrected chi connectivity index (χ4v) is 2.82. The van der Waals surface area contributed by atoms with Crippen LogP contribution in [0.25, 0.3) is 0 Å². The summed E-state index contributed by atoms with van der Waals surface area (Å²) < 4.78 is 0. The second kappa shape index (κ2) is 5.57. The van der Waals surface area contributed by atoms with Crippen LogP contribution in [0.15, 0.2) is 17.5 Å². The molecule has 0 saturated carbocycles. The maximum Gasteiger partial charge on any atom is 0.186 e. The van der Waals surface area contributed by atoms with Crippen molar-refractivity contribution in [3.8, 4) is 0 Å². The van der Waals surface area contributed by atoms with Crippen LogP contribution in [0.2, 0.25) is 0 Å². The van der Waals surface area contributed by atoms with Crippen molar-refractivity contribution in [3.05, 3.63) is 22.4 Å². The zero-order valence-electron chi connectivity index (χ0n) is 9.26. The fourth-order valence-electron chi connectivity index (χ4n) is 2.16. The summed E-state index contributed by atoms with van der Waals surface area (Å²) in [5.41, 5.74) is 0. The minimum absolute atomic E-state index is 0.202. The van der Waals surface area contributed by atoms with Gasteiger partial charge in [0.05, 0.1) is 11.4 Å². The maximum absolute atomic E-state index is 11.9. The molecule has 1 aromatic heterocycles. The van der Waals surface area contributed by atoms with Gasteiger partial charge in [0.15, 0.2) is 5.78 Å². The summed E-state index contributed by atoms with van der Waals surface area (Å²) in [6.45, 7) is 2.57. The van der Waals surface area contributed by atoms with Gasteiger partial charge < -0.3 is 5.11 Å². The number of aliphatic hydroxyl groups is 1. The van der Waals surface area contributed by atoms with Crippen LogP contribution in [0.4, 0.5) is 0 Å². The Labute approximate surface area is 99.7 Å². The van der Waals surface area contributed by atoms with E-state index in [9.17, 15) is 4.79 Å². The van der Waals surface area contributed by atoms with Gasteiger partial charge in [-0.1, -0.05) is 6.07 Å². The number of aliphatic hydroxyl groups excluding tert-OH is 1. The number of carbonyl (C=O) groups is 1. The van der Waals surface area contributed by atoms with E-state index in [0.29, 0.717) is 12.5 Å². The van der Waals surface area contributed by atoms with Crippen molar-refractivity contribution in [1.82, 2.24) is 4.90 Å². The van der Waals surface area contributed by atoms with Gasteiger partial charge in [-0.05, 0) is 36.8 Å². The lowest BCUT2D eigenvalue weighted by molar-refractivity contribution is 0.0837. The summed E-state index contributed by atoms with van der Waals surface area (Å²) in [5.74, 6) is 0.554. The molecule has 1 aliphatic rings. The zero-order chi connectivity index (χ0) is 11.4. The number of hydrogen-bond donors (Lipinski definition) is 1. The van der Waals surface area contributed by atoms with Crippen molar-refractivity contribution in [2.45, 2.75) is 12.8 Å². The number of carbonyl (C=O) groups excluding carboxylic acids is 1. The largest absolute Gasteiger partial charge is 0.396 e. The number of thiophene rings is 1. The van der Waals surface area contributed by atoms with E-state index in [2.05, 4.69) is 4.90 Å². The number of nitrogens with zero attached hydrogens (tertiary/aromatic N) is 1. The third-order valence-corrected chi connectivity index (χ3v) is 3.94. The molecule has 3 nitrogen and oxygen atoms in total. The first-order chi connectivity index (χ1) is 7.79. The van der Waals surface area contributed by atoms with Gasteiger partial charge in [0, 0.05) is 13.2 Å². The molecule has 2 rings (SSSR count). The first kappa shape index (κ1) is 11.8. The summed E-state index contributed by atoms with van der Waals surface area (Å²) in [7, 11) is 0. The quantitative estimate of drug-likeness (QED) is 0.812. The number of likely N-dealkylation sites (tertiary alicyclic amines) is 1. The van der Waals surface area contributed by atoms with E-state index in [1.54, 1.807) is 0 Å². The zero-order valence-corrected chi connectivity index (χ0v) is 10.1. The van der Waals surface area contributed by atoms with Gasteiger partial charge in [-0.25, -0.2) is 0 Å². The van der Waals surface area contributed by atoms with Crippen molar-refractivity contribution < 1.29 is 9.90 Å². The Morgan fingerprint density at radius 3 is 3.19 bits per heavy atom. The molecule has 1 atom stereocenters. The molecule has 4 heteroatoms. The van der Waals surface area contributed by atoms with Crippen LogP contribution in [0.3, 0.4) is 0 Å². The molecule has 88 valence electrons. The Morgan fingerprint density at radius 1 is 1.62 bits per heavy atom. The molecule has 0 amide bonds. The molecule has 1 unspecified atom stereocenters. The average molecular weight is 239 g/mol. The van der Waals surface area contributed by atoms with Crippen LogP contribution in [-0.4, -0.2) is 42.0 Å². The Morgan fingerprint density at radius 2 is 2.50 bits per heavy atom. The molecular weight excluding hydrogens is 222 g/mol. The molecule has 1 fully saturated rings. The Bertz CT molecular complexity index is 337. The summed E-state index contributed by atoms with van der Waals surface area (Å²) in [5, 5.41) is 11.0. The van der Waals surface area contributed by atoms with E-state index < -0.39 is 0 Å². The molecule has 0 aromatic carbocycles. The number of rotatable bonds is 4. The van der Waals surface area contributed by atoms with Gasteiger partial charge in [-0.2, -0.15) is 0 Å². The summed E-state index contributed by atoms with van der Waals surface area (Å²) in [4.78, 5) is 14.9. The minimum Gasteiger partial charge on any atom is -0.396 e. The Hall–Kier alpha value is -0.710. The maximum atomic E-state index is 11.9. The highest BCUT2D eigenvalue weighted by molar-refractivity contribution is 7.12. The second-order valence-corrected chi connectivity index (χ2v) is 5.27. The summed E-state index contributed by atoms with van der Waals surface area (Å²) >= 11 is 1.50. The van der Waals surface area contributed by atoms with Gasteiger partial charge in [-0.3, -0.25) is 9.69 Å². The third kappa shape index (κ3) is 2.90. The molecule has 1 aromatic rings.